The average Bonchev–Trinajstić information content (AvgIpc) is 2.74. The van der Waals surface area contributed by atoms with Crippen LogP contribution in [0.25, 0.3) is 0 Å². The Labute approximate surface area is 209 Å². The lowest BCUT2D eigenvalue weighted by Crippen LogP contribution is -2.34. The van der Waals surface area contributed by atoms with Crippen LogP contribution in [0.2, 0.25) is 0 Å². The number of ketones is 1. The Balaban J connectivity index is 1.85. The fourth-order valence-electron chi connectivity index (χ4n) is 2.61. The normalized spacial score (nSPS) is 16.2. The molecule has 3 N–H and O–H groups in total. The molecule has 10 heteroatoms. The minimum absolute atomic E-state index is 0.0886. The van der Waals surface area contributed by atoms with E-state index in [0.29, 0.717) is 11.3 Å². The van der Waals surface area contributed by atoms with E-state index in [0.717, 1.165) is 20.0 Å². The van der Waals surface area contributed by atoms with E-state index in [1.54, 1.807) is 24.3 Å². The van der Waals surface area contributed by atoms with Crippen molar-refractivity contribution in [1.82, 2.24) is 5.32 Å². The number of rotatable bonds is 2. The molecule has 3 rings (SSSR count). The van der Waals surface area contributed by atoms with Crippen LogP contribution in [-0.4, -0.2) is 17.7 Å². The van der Waals surface area contributed by atoms with Gasteiger partial charge in [-0.25, -0.2) is 4.79 Å². The molecule has 1 aliphatic rings. The highest BCUT2D eigenvalue weighted by Crippen LogP contribution is 2.33. The summed E-state index contributed by atoms with van der Waals surface area (Å²) in [6, 6.07) is 8.06. The summed E-state index contributed by atoms with van der Waals surface area (Å²) in [6.07, 6.45) is -0.0886. The number of para-hydroxylation sites is 1. The summed E-state index contributed by atoms with van der Waals surface area (Å²) in [5.74, 6) is -1.23. The first-order valence-electron chi connectivity index (χ1n) is 7.61. The molecule has 3 amide bonds. The fraction of sp³-hybridized carbons (Fsp3) is 0.118. The van der Waals surface area contributed by atoms with Gasteiger partial charge in [-0.2, -0.15) is 0 Å². The third-order valence-electron chi connectivity index (χ3n) is 3.89. The van der Waals surface area contributed by atoms with Crippen molar-refractivity contribution in [1.29, 1.82) is 0 Å². The van der Waals surface area contributed by atoms with Gasteiger partial charge in [0, 0.05) is 22.8 Å². The molecule has 0 radical (unpaired) electrons. The van der Waals surface area contributed by atoms with Gasteiger partial charge >= 0.3 is 6.03 Å². The van der Waals surface area contributed by atoms with Crippen molar-refractivity contribution in [3.05, 3.63) is 50.2 Å². The van der Waals surface area contributed by atoms with E-state index in [9.17, 15) is 14.4 Å². The molecule has 6 nitrogen and oxygen atoms in total. The zero-order chi connectivity index (χ0) is 19.7. The van der Waals surface area contributed by atoms with Gasteiger partial charge in [0.1, 0.15) is 0 Å². The van der Waals surface area contributed by atoms with Crippen molar-refractivity contribution < 1.29 is 14.4 Å². The van der Waals surface area contributed by atoms with Crippen molar-refractivity contribution in [2.45, 2.75) is 12.5 Å². The van der Waals surface area contributed by atoms with E-state index >= 15 is 0 Å². The van der Waals surface area contributed by atoms with Crippen molar-refractivity contribution in [2.75, 3.05) is 10.6 Å². The zero-order valence-corrected chi connectivity index (χ0v) is 22.0. The number of carbonyl (C=O) groups excluding carboxylic acids is 3. The molecular formula is C17H11I4N3O3. The molecule has 1 atom stereocenters. The molecule has 27 heavy (non-hydrogen) atoms. The minimum atomic E-state index is -0.663. The van der Waals surface area contributed by atoms with E-state index in [-0.39, 0.29) is 6.42 Å². The van der Waals surface area contributed by atoms with Gasteiger partial charge in [0.15, 0.2) is 0 Å². The summed E-state index contributed by atoms with van der Waals surface area (Å²) in [6.45, 7) is 0. The minimum Gasteiger partial charge on any atom is -0.331 e. The SMILES string of the molecule is O=C(Nc1c(I)cc(I)c(I)c1I)NC1CC(=O)C(=O)Nc2ccccc21. The molecule has 0 aliphatic carbocycles. The standard InChI is InChI=1S/C17H11I4N3O3/c18-8-5-9(19)15(14(21)13(8)20)24-17(27)23-11-6-12(25)16(26)22-10-4-2-1-3-7(10)11/h1-5,11H,6H2,(H,22,26)(H2,23,24,27). The van der Waals surface area contributed by atoms with Crippen molar-refractivity contribution in [2.24, 2.45) is 0 Å². The van der Waals surface area contributed by atoms with Crippen LogP contribution in [0.1, 0.15) is 18.0 Å². The van der Waals surface area contributed by atoms with Gasteiger partial charge in [0.05, 0.1) is 15.3 Å². The van der Waals surface area contributed by atoms with Crippen LogP contribution in [0.3, 0.4) is 0 Å². The molecule has 0 fully saturated rings. The van der Waals surface area contributed by atoms with Crippen LogP contribution in [0.5, 0.6) is 0 Å². The summed E-state index contributed by atoms with van der Waals surface area (Å²) in [7, 11) is 0. The van der Waals surface area contributed by atoms with E-state index in [4.69, 9.17) is 0 Å². The molecule has 1 heterocycles. The maximum absolute atomic E-state index is 12.6. The molecular weight excluding hydrogens is 802 g/mol. The number of carbonyl (C=O) groups is 3. The number of benzene rings is 2. The Bertz CT molecular complexity index is 965. The van der Waals surface area contributed by atoms with E-state index < -0.39 is 23.8 Å². The quantitative estimate of drug-likeness (QED) is 0.175. The second kappa shape index (κ2) is 9.06. The molecule has 0 aromatic heterocycles. The van der Waals surface area contributed by atoms with Crippen LogP contribution in [-0.2, 0) is 9.59 Å². The van der Waals surface area contributed by atoms with Crippen molar-refractivity contribution in [3.63, 3.8) is 0 Å². The second-order valence-corrected chi connectivity index (χ2v) is 10.1. The number of fused-ring (bicyclic) bond motifs is 1. The molecule has 2 aromatic rings. The lowest BCUT2D eigenvalue weighted by molar-refractivity contribution is -0.134. The number of anilines is 2. The monoisotopic (exact) mass is 813 g/mol. The molecule has 2 aromatic carbocycles. The molecule has 0 bridgehead atoms. The number of nitrogens with one attached hydrogen (secondary N) is 3. The fourth-order valence-corrected chi connectivity index (χ4v) is 6.68. The Hall–Kier alpha value is -0.230. The topological polar surface area (TPSA) is 87.3 Å². The first kappa shape index (κ1) is 21.5. The molecule has 1 unspecified atom stereocenters. The van der Waals surface area contributed by atoms with Crippen molar-refractivity contribution >= 4 is 119 Å². The lowest BCUT2D eigenvalue weighted by Gasteiger charge is -2.19. The highest BCUT2D eigenvalue weighted by Gasteiger charge is 2.29. The van der Waals surface area contributed by atoms with Gasteiger partial charge in [-0.3, -0.25) is 9.59 Å². The van der Waals surface area contributed by atoms with Crippen LogP contribution in [0.15, 0.2) is 30.3 Å². The van der Waals surface area contributed by atoms with Gasteiger partial charge in [-0.05, 0) is 108 Å². The van der Waals surface area contributed by atoms with Gasteiger partial charge in [-0.1, -0.05) is 18.2 Å². The van der Waals surface area contributed by atoms with Crippen LogP contribution in [0, 0.1) is 14.3 Å². The summed E-state index contributed by atoms with van der Waals surface area (Å²) in [5.41, 5.74) is 1.96. The van der Waals surface area contributed by atoms with Gasteiger partial charge in [0.2, 0.25) is 5.78 Å². The van der Waals surface area contributed by atoms with Crippen LogP contribution < -0.4 is 16.0 Å². The molecule has 0 saturated heterocycles. The highest BCUT2D eigenvalue weighted by molar-refractivity contribution is 14.1. The first-order chi connectivity index (χ1) is 12.8. The van der Waals surface area contributed by atoms with E-state index in [2.05, 4.69) is 106 Å². The Morgan fingerprint density at radius 2 is 1.74 bits per heavy atom. The number of hydrogen-bond donors (Lipinski definition) is 3. The van der Waals surface area contributed by atoms with Crippen LogP contribution in [0.4, 0.5) is 16.2 Å². The van der Waals surface area contributed by atoms with Gasteiger partial charge in [0.25, 0.3) is 5.91 Å². The first-order valence-corrected chi connectivity index (χ1v) is 11.9. The van der Waals surface area contributed by atoms with Gasteiger partial charge < -0.3 is 16.0 Å². The third kappa shape index (κ3) is 4.85. The lowest BCUT2D eigenvalue weighted by atomic mass is 10.0. The summed E-state index contributed by atoms with van der Waals surface area (Å²) < 4.78 is 4.05. The Morgan fingerprint density at radius 1 is 1.04 bits per heavy atom. The summed E-state index contributed by atoms with van der Waals surface area (Å²) >= 11 is 8.89. The predicted octanol–water partition coefficient (Wildman–Crippen LogP) is 4.88. The average molecular weight is 813 g/mol. The number of amides is 3. The maximum Gasteiger partial charge on any atom is 0.319 e. The number of Topliss-reactive ketones (excluding diaryl/α,β-unsaturated/α-hetero) is 1. The zero-order valence-electron chi connectivity index (χ0n) is 13.4. The molecule has 0 saturated carbocycles. The predicted molar refractivity (Wildman–Crippen MR) is 137 cm³/mol. The largest absolute Gasteiger partial charge is 0.331 e. The smallest absolute Gasteiger partial charge is 0.319 e. The number of hydrogen-bond acceptors (Lipinski definition) is 3. The highest BCUT2D eigenvalue weighted by atomic mass is 127. The van der Waals surface area contributed by atoms with Crippen LogP contribution >= 0.6 is 90.4 Å². The maximum atomic E-state index is 12.6. The van der Waals surface area contributed by atoms with Crippen molar-refractivity contribution in [3.8, 4) is 0 Å². The second-order valence-electron chi connectivity index (χ2n) is 5.66. The Kier molecular flexibility index (Phi) is 7.21. The Morgan fingerprint density at radius 3 is 2.48 bits per heavy atom. The van der Waals surface area contributed by atoms with E-state index in [1.807, 2.05) is 6.07 Å². The number of urea groups is 1. The molecule has 1 aliphatic heterocycles. The summed E-state index contributed by atoms with van der Waals surface area (Å²) in [4.78, 5) is 36.5. The van der Waals surface area contributed by atoms with E-state index in [1.165, 1.54) is 0 Å². The third-order valence-corrected chi connectivity index (χ3v) is 9.85. The summed E-state index contributed by atoms with van der Waals surface area (Å²) in [5, 5.41) is 8.30. The molecule has 0 spiro atoms. The number of halogens is 4. The molecule has 140 valence electrons. The van der Waals surface area contributed by atoms with Gasteiger partial charge in [-0.15, -0.1) is 0 Å².